The second-order valence-electron chi connectivity index (χ2n) is 0.267. The van der Waals surface area contributed by atoms with E-state index in [0.29, 0.717) is 0 Å². The third-order valence-corrected chi connectivity index (χ3v) is 0. The van der Waals surface area contributed by atoms with Gasteiger partial charge in [0, 0.05) is 10.2 Å². The number of rotatable bonds is 0. The van der Waals surface area contributed by atoms with Crippen molar-refractivity contribution in [3.63, 3.8) is 0 Å². The maximum absolute atomic E-state index is 3.21. The van der Waals surface area contributed by atoms with Crippen LogP contribution >= 0.6 is 15.9 Å². The Labute approximate surface area is 46.5 Å². The van der Waals surface area contributed by atoms with Crippen molar-refractivity contribution in [2.75, 3.05) is 4.95 Å². The Balaban J connectivity index is -0.0000000200. The number of hydrogen-bond donors (Lipinski definition) is 0. The molecule has 0 aromatic rings. The summed E-state index contributed by atoms with van der Waals surface area (Å²) in [6, 6.07) is 0. The highest BCUT2D eigenvalue weighted by molar-refractivity contribution is 9.09. The van der Waals surface area contributed by atoms with Crippen LogP contribution in [0.25, 0.3) is 0 Å². The Morgan fingerprint density at radius 3 is 1.40 bits per heavy atom. The largest absolute Gasteiger partial charge is 0.0973 e. The van der Waals surface area contributed by atoms with Crippen LogP contribution in [0, 0.1) is 0 Å². The van der Waals surface area contributed by atoms with Crippen LogP contribution in [0.3, 0.4) is 0 Å². The van der Waals surface area contributed by atoms with Crippen molar-refractivity contribution in [1.82, 2.24) is 0 Å². The summed E-state index contributed by atoms with van der Waals surface area (Å²) < 4.78 is 0. The summed E-state index contributed by atoms with van der Waals surface area (Å²) in [4.78, 5) is 1.20. The molecule has 0 fully saturated rings. The van der Waals surface area contributed by atoms with E-state index in [2.05, 4.69) is 15.9 Å². The van der Waals surface area contributed by atoms with E-state index >= 15 is 0 Å². The minimum Gasteiger partial charge on any atom is -0.0973 e. The van der Waals surface area contributed by atoms with Gasteiger partial charge in [0.15, 0.2) is 0 Å². The van der Waals surface area contributed by atoms with Crippen molar-refractivity contribution in [3.8, 4) is 0 Å². The molecule has 0 spiro atoms. The normalized spacial score (nSPS) is 4.20. The van der Waals surface area contributed by atoms with Crippen LogP contribution in [-0.4, -0.2) is 15.2 Å². The summed E-state index contributed by atoms with van der Waals surface area (Å²) in [6.07, 6.45) is 0. The van der Waals surface area contributed by atoms with Gasteiger partial charge in [0.2, 0.25) is 0 Å². The summed E-state index contributed by atoms with van der Waals surface area (Å²) in [6.45, 7) is 0. The lowest BCUT2D eigenvalue weighted by Crippen LogP contribution is -1.51. The predicted molar refractivity (Wildman–Crippen MR) is 37.2 cm³/mol. The van der Waals surface area contributed by atoms with Gasteiger partial charge in [0.25, 0.3) is 0 Å². The van der Waals surface area contributed by atoms with Crippen LogP contribution in [0.2, 0.25) is 0 Å². The molecule has 0 aromatic carbocycles. The van der Waals surface area contributed by atoms with Crippen molar-refractivity contribution in [3.05, 3.63) is 0 Å². The third kappa shape index (κ3) is 70.3. The van der Waals surface area contributed by atoms with Gasteiger partial charge in [-0.3, -0.25) is 0 Å². The van der Waals surface area contributed by atoms with Crippen molar-refractivity contribution in [2.24, 2.45) is 0 Å². The van der Waals surface area contributed by atoms with E-state index in [4.69, 9.17) is 0 Å². The van der Waals surface area contributed by atoms with Crippen molar-refractivity contribution in [1.29, 1.82) is 0 Å². The van der Waals surface area contributed by atoms with E-state index in [9.17, 15) is 0 Å². The number of halogens is 1. The minimum absolute atomic E-state index is 0. The van der Waals surface area contributed by atoms with Crippen LogP contribution in [0.5, 0.6) is 0 Å². The Kier molecular flexibility index (Phi) is 77.0. The average molecular weight is 157 g/mol. The van der Waals surface area contributed by atoms with Crippen LogP contribution in [0.1, 0.15) is 14.9 Å². The fourth-order valence-corrected chi connectivity index (χ4v) is 0. The second-order valence-corrected chi connectivity index (χ2v) is 4.17. The van der Waals surface area contributed by atoms with Gasteiger partial charge in [-0.1, -0.05) is 30.8 Å². The lowest BCUT2D eigenvalue weighted by atomic mass is 11.9. The number of hydrogen-bond acceptors (Lipinski definition) is 0. The molecule has 0 radical (unpaired) electrons. The summed E-state index contributed by atoms with van der Waals surface area (Å²) >= 11 is 3.21. The van der Waals surface area contributed by atoms with Crippen LogP contribution in [0.15, 0.2) is 0 Å². The van der Waals surface area contributed by atoms with E-state index < -0.39 is 0 Å². The highest BCUT2D eigenvalue weighted by Crippen LogP contribution is 1.61. The molecule has 0 aliphatic rings. The van der Waals surface area contributed by atoms with Gasteiger partial charge in [0.1, 0.15) is 0 Å². The zero-order valence-corrected chi connectivity index (χ0v) is 5.67. The molecule has 0 rings (SSSR count). The first kappa shape index (κ1) is 17.3. The number of alkyl halides is 1. The van der Waals surface area contributed by atoms with Crippen molar-refractivity contribution in [2.45, 2.75) is 14.9 Å². The molecular weight excluding hydrogens is 144 g/mol. The molecule has 5 heavy (non-hydrogen) atoms. The molecule has 0 nitrogen and oxygen atoms in total. The molecule has 36 valence electrons. The van der Waals surface area contributed by atoms with Gasteiger partial charge in [-0.15, -0.1) is 0 Å². The van der Waals surface area contributed by atoms with Crippen LogP contribution in [0.4, 0.5) is 0 Å². The zero-order valence-electron chi connectivity index (χ0n) is 2.09. The zero-order chi connectivity index (χ0) is 2.71. The SMILES string of the molecule is C.C.[SiH3]CBr. The molecule has 0 saturated heterocycles. The molecular formula is C3H13BrSi. The predicted octanol–water partition coefficient (Wildman–Crippen LogP) is 0.976. The first-order valence-electron chi connectivity index (χ1n) is 0.974. The highest BCUT2D eigenvalue weighted by Gasteiger charge is 1.39. The second kappa shape index (κ2) is 22.3. The quantitative estimate of drug-likeness (QED) is 0.363. The molecule has 0 aliphatic heterocycles. The summed E-state index contributed by atoms with van der Waals surface area (Å²) in [5.41, 5.74) is 0. The lowest BCUT2D eigenvalue weighted by Gasteiger charge is -1.44. The first-order chi connectivity index (χ1) is 1.41. The topological polar surface area (TPSA) is 0 Å². The van der Waals surface area contributed by atoms with Gasteiger partial charge >= 0.3 is 0 Å². The molecule has 0 heterocycles. The molecule has 0 atom stereocenters. The Hall–Kier alpha value is 0.697. The van der Waals surface area contributed by atoms with Gasteiger partial charge in [-0.25, -0.2) is 0 Å². The Bertz CT molecular complexity index is 6.85. The lowest BCUT2D eigenvalue weighted by molar-refractivity contribution is 2.31. The van der Waals surface area contributed by atoms with Crippen molar-refractivity contribution < 1.29 is 0 Å². The Morgan fingerprint density at radius 2 is 1.40 bits per heavy atom. The summed E-state index contributed by atoms with van der Waals surface area (Å²) in [7, 11) is 1.29. The van der Waals surface area contributed by atoms with Gasteiger partial charge < -0.3 is 0 Å². The molecule has 0 amide bonds. The molecule has 0 aromatic heterocycles. The summed E-state index contributed by atoms with van der Waals surface area (Å²) in [5, 5.41) is 0. The van der Waals surface area contributed by atoms with E-state index in [0.717, 1.165) is 0 Å². The summed E-state index contributed by atoms with van der Waals surface area (Å²) in [5.74, 6) is 0. The van der Waals surface area contributed by atoms with Crippen molar-refractivity contribution >= 4 is 26.2 Å². The molecule has 0 saturated carbocycles. The maximum Gasteiger partial charge on any atom is 0.0161 e. The fraction of sp³-hybridized carbons (Fsp3) is 1.00. The van der Waals surface area contributed by atoms with Gasteiger partial charge in [-0.2, -0.15) is 0 Å². The van der Waals surface area contributed by atoms with Crippen LogP contribution < -0.4 is 0 Å². The van der Waals surface area contributed by atoms with E-state index in [1.165, 1.54) is 15.2 Å². The third-order valence-electron chi connectivity index (χ3n) is 0. The molecule has 2 heteroatoms. The monoisotopic (exact) mass is 156 g/mol. The standard InChI is InChI=1S/CH5BrSi.2CH4/c2-1-3;;/h1H2,3H3;2*1H4. The molecule has 0 bridgehead atoms. The molecule has 0 unspecified atom stereocenters. The van der Waals surface area contributed by atoms with E-state index in [-0.39, 0.29) is 14.9 Å². The Morgan fingerprint density at radius 1 is 1.40 bits per heavy atom. The highest BCUT2D eigenvalue weighted by atomic mass is 79.9. The maximum atomic E-state index is 3.21. The van der Waals surface area contributed by atoms with Crippen LogP contribution in [-0.2, 0) is 0 Å². The molecule has 0 N–H and O–H groups in total. The molecule has 0 aliphatic carbocycles. The van der Waals surface area contributed by atoms with Gasteiger partial charge in [0.05, 0.1) is 0 Å². The van der Waals surface area contributed by atoms with Gasteiger partial charge in [-0.05, 0) is 4.95 Å². The fourth-order valence-electron chi connectivity index (χ4n) is 0. The first-order valence-corrected chi connectivity index (χ1v) is 3.51. The minimum atomic E-state index is 0. The smallest absolute Gasteiger partial charge is 0.0161 e. The van der Waals surface area contributed by atoms with E-state index in [1.807, 2.05) is 0 Å². The van der Waals surface area contributed by atoms with E-state index in [1.54, 1.807) is 0 Å². The average Bonchev–Trinajstić information content (AvgIpc) is 0.918.